The first-order valence-electron chi connectivity index (χ1n) is 2.12. The minimum absolute atomic E-state index is 0.201. The summed E-state index contributed by atoms with van der Waals surface area (Å²) in [5, 5.41) is 0. The highest BCUT2D eigenvalue weighted by Crippen LogP contribution is 2.07. The van der Waals surface area contributed by atoms with Gasteiger partial charge in [-0.2, -0.15) is 0 Å². The fourth-order valence-corrected chi connectivity index (χ4v) is 0.727. The Morgan fingerprint density at radius 3 is 2.75 bits per heavy atom. The van der Waals surface area contributed by atoms with E-state index in [1.165, 1.54) is 6.07 Å². The van der Waals surface area contributed by atoms with Crippen molar-refractivity contribution in [3.8, 4) is 0 Å². The predicted molar refractivity (Wildman–Crippen MR) is 38.0 cm³/mol. The Morgan fingerprint density at radius 2 is 2.38 bits per heavy atom. The van der Waals surface area contributed by atoms with Crippen LogP contribution in [0.25, 0.3) is 0 Å². The van der Waals surface area contributed by atoms with E-state index in [0.29, 0.717) is 3.57 Å². The minimum atomic E-state index is -0.201. The largest absolute Gasteiger partial charge is 0.206 e. The fraction of sp³-hybridized carbons (Fsp3) is 0. The summed E-state index contributed by atoms with van der Waals surface area (Å²) in [6.07, 6.45) is 0. The van der Waals surface area contributed by atoms with Crippen LogP contribution >= 0.6 is 22.6 Å². The van der Waals surface area contributed by atoms with Crippen LogP contribution < -0.4 is 0 Å². The lowest BCUT2D eigenvalue weighted by Crippen LogP contribution is -1.75. The highest BCUT2D eigenvalue weighted by Gasteiger charge is 1.91. The van der Waals surface area contributed by atoms with Crippen molar-refractivity contribution in [2.75, 3.05) is 0 Å². The van der Waals surface area contributed by atoms with Crippen molar-refractivity contribution >= 4 is 22.6 Å². The predicted octanol–water partition coefficient (Wildman–Crippen LogP) is 2.23. The van der Waals surface area contributed by atoms with Crippen molar-refractivity contribution in [2.24, 2.45) is 0 Å². The van der Waals surface area contributed by atoms with Gasteiger partial charge >= 0.3 is 0 Å². The van der Waals surface area contributed by atoms with Crippen LogP contribution in [0.5, 0.6) is 0 Å². The Hall–Kier alpha value is -0.120. The van der Waals surface area contributed by atoms with Crippen LogP contribution in [0.3, 0.4) is 0 Å². The second kappa shape index (κ2) is 2.44. The van der Waals surface area contributed by atoms with Crippen molar-refractivity contribution in [3.63, 3.8) is 0 Å². The molecule has 0 saturated heterocycles. The van der Waals surface area contributed by atoms with Gasteiger partial charge in [-0.3, -0.25) is 0 Å². The normalized spacial score (nSPS) is 9.25. The molecule has 0 amide bonds. The molecular weight excluding hydrogens is 218 g/mol. The quantitative estimate of drug-likeness (QED) is 0.589. The zero-order valence-electron chi connectivity index (χ0n) is 3.99. The van der Waals surface area contributed by atoms with Gasteiger partial charge in [-0.15, -0.1) is 0 Å². The number of hydrogen-bond acceptors (Lipinski definition) is 0. The molecule has 1 radical (unpaired) electrons. The van der Waals surface area contributed by atoms with Gasteiger partial charge in [-0.25, -0.2) is 4.39 Å². The summed E-state index contributed by atoms with van der Waals surface area (Å²) in [7, 11) is 0. The standard InChI is InChI=1S/C6H3FI/c7-5-3-1-2-4-6(5)8/h2-4H. The monoisotopic (exact) mass is 221 g/mol. The maximum Gasteiger partial charge on any atom is 0.137 e. The maximum absolute atomic E-state index is 12.3. The molecule has 0 atom stereocenters. The number of halogens is 2. The van der Waals surface area contributed by atoms with Crippen molar-refractivity contribution in [2.45, 2.75) is 0 Å². The van der Waals surface area contributed by atoms with E-state index in [0.717, 1.165) is 0 Å². The van der Waals surface area contributed by atoms with E-state index < -0.39 is 0 Å². The molecule has 8 heavy (non-hydrogen) atoms. The third-order valence-electron chi connectivity index (χ3n) is 0.764. The van der Waals surface area contributed by atoms with E-state index in [1.54, 1.807) is 12.1 Å². The van der Waals surface area contributed by atoms with Crippen LogP contribution in [0.4, 0.5) is 4.39 Å². The molecule has 0 bridgehead atoms. The van der Waals surface area contributed by atoms with E-state index in [2.05, 4.69) is 6.07 Å². The molecule has 0 saturated carbocycles. The van der Waals surface area contributed by atoms with Crippen LogP contribution in [-0.2, 0) is 0 Å². The van der Waals surface area contributed by atoms with Gasteiger partial charge in [0.15, 0.2) is 0 Å². The van der Waals surface area contributed by atoms with Crippen molar-refractivity contribution in [3.05, 3.63) is 33.7 Å². The summed E-state index contributed by atoms with van der Waals surface area (Å²) in [5.41, 5.74) is 0. The van der Waals surface area contributed by atoms with Crippen LogP contribution in [0.1, 0.15) is 0 Å². The first-order chi connectivity index (χ1) is 3.80. The topological polar surface area (TPSA) is 0 Å². The Labute approximate surface area is 60.9 Å². The molecule has 1 aromatic carbocycles. The highest BCUT2D eigenvalue weighted by molar-refractivity contribution is 14.1. The Kier molecular flexibility index (Phi) is 1.83. The molecule has 1 aromatic rings. The first-order valence-corrected chi connectivity index (χ1v) is 3.19. The average molecular weight is 221 g/mol. The highest BCUT2D eigenvalue weighted by atomic mass is 127. The molecule has 0 heterocycles. The van der Waals surface area contributed by atoms with Gasteiger partial charge in [0.1, 0.15) is 5.82 Å². The van der Waals surface area contributed by atoms with Crippen LogP contribution in [0.2, 0.25) is 0 Å². The van der Waals surface area contributed by atoms with Gasteiger partial charge in [0, 0.05) is 3.57 Å². The van der Waals surface area contributed by atoms with Gasteiger partial charge in [0.25, 0.3) is 0 Å². The van der Waals surface area contributed by atoms with E-state index in [4.69, 9.17) is 0 Å². The van der Waals surface area contributed by atoms with Crippen LogP contribution in [0.15, 0.2) is 18.2 Å². The minimum Gasteiger partial charge on any atom is -0.206 e. The van der Waals surface area contributed by atoms with Gasteiger partial charge in [-0.1, -0.05) is 6.07 Å². The molecule has 0 N–H and O–H groups in total. The molecule has 0 aliphatic rings. The molecule has 2 heteroatoms. The third-order valence-corrected chi connectivity index (χ3v) is 1.64. The number of rotatable bonds is 0. The van der Waals surface area contributed by atoms with E-state index in [9.17, 15) is 4.39 Å². The molecule has 0 nitrogen and oxygen atoms in total. The second-order valence-corrected chi connectivity index (χ2v) is 2.50. The lowest BCUT2D eigenvalue weighted by Gasteiger charge is -1.86. The molecular formula is C6H3FI. The zero-order valence-corrected chi connectivity index (χ0v) is 6.15. The molecule has 1 rings (SSSR count). The van der Waals surface area contributed by atoms with Crippen molar-refractivity contribution in [1.82, 2.24) is 0 Å². The molecule has 0 aliphatic carbocycles. The summed E-state index contributed by atoms with van der Waals surface area (Å²) in [4.78, 5) is 0. The summed E-state index contributed by atoms with van der Waals surface area (Å²) < 4.78 is 12.9. The van der Waals surface area contributed by atoms with Crippen LogP contribution in [0, 0.1) is 15.5 Å². The lowest BCUT2D eigenvalue weighted by molar-refractivity contribution is 0.620. The van der Waals surface area contributed by atoms with Gasteiger partial charge < -0.3 is 0 Å². The fourth-order valence-electron chi connectivity index (χ4n) is 0.391. The molecule has 0 aliphatic heterocycles. The molecule has 0 unspecified atom stereocenters. The van der Waals surface area contributed by atoms with E-state index in [-0.39, 0.29) is 5.82 Å². The number of benzene rings is 1. The maximum atomic E-state index is 12.3. The zero-order chi connectivity index (χ0) is 5.98. The Bertz CT molecular complexity index is 165. The average Bonchev–Trinajstić information content (AvgIpc) is 1.77. The second-order valence-electron chi connectivity index (χ2n) is 1.34. The SMILES string of the molecule is Fc1c[c]ccc1I. The first kappa shape index (κ1) is 6.01. The van der Waals surface area contributed by atoms with E-state index in [1.807, 2.05) is 22.6 Å². The summed E-state index contributed by atoms with van der Waals surface area (Å²) in [6, 6.07) is 7.30. The smallest absolute Gasteiger partial charge is 0.137 e. The molecule has 41 valence electrons. The molecule has 0 aromatic heterocycles. The van der Waals surface area contributed by atoms with E-state index >= 15 is 0 Å². The third kappa shape index (κ3) is 1.18. The summed E-state index contributed by atoms with van der Waals surface area (Å²) in [6.45, 7) is 0. The summed E-state index contributed by atoms with van der Waals surface area (Å²) in [5.74, 6) is -0.201. The lowest BCUT2D eigenvalue weighted by atomic mass is 10.4. The molecule has 0 spiro atoms. The van der Waals surface area contributed by atoms with Crippen molar-refractivity contribution < 1.29 is 4.39 Å². The molecule has 0 fully saturated rings. The van der Waals surface area contributed by atoms with Gasteiger partial charge in [-0.05, 0) is 40.8 Å². The van der Waals surface area contributed by atoms with Crippen molar-refractivity contribution in [1.29, 1.82) is 0 Å². The van der Waals surface area contributed by atoms with Gasteiger partial charge in [0.05, 0.1) is 0 Å². The Balaban J connectivity index is 3.13. The van der Waals surface area contributed by atoms with Crippen LogP contribution in [-0.4, -0.2) is 0 Å². The summed E-state index contributed by atoms with van der Waals surface area (Å²) >= 11 is 1.93. The Morgan fingerprint density at radius 1 is 1.62 bits per heavy atom. The van der Waals surface area contributed by atoms with Gasteiger partial charge in [0.2, 0.25) is 0 Å². The number of hydrogen-bond donors (Lipinski definition) is 0.